The van der Waals surface area contributed by atoms with Crippen LogP contribution in [0.3, 0.4) is 0 Å². The van der Waals surface area contributed by atoms with Gasteiger partial charge in [0, 0.05) is 72.9 Å². The number of benzene rings is 4. The number of hydrogen-bond donors (Lipinski definition) is 12. The summed E-state index contributed by atoms with van der Waals surface area (Å²) >= 11 is 0. The zero-order valence-corrected chi connectivity index (χ0v) is 59.9. The van der Waals surface area contributed by atoms with Gasteiger partial charge in [-0.3, -0.25) is 43.3 Å². The van der Waals surface area contributed by atoms with Crippen molar-refractivity contribution in [2.24, 2.45) is 5.73 Å². The minimum Gasteiger partial charge on any atom is -0.508 e. The number of amides is 10. The number of rotatable bonds is 24. The summed E-state index contributed by atoms with van der Waals surface area (Å²) < 4.78 is 11.3. The zero-order valence-electron chi connectivity index (χ0n) is 56.7. The van der Waals surface area contributed by atoms with Crippen LogP contribution in [0.15, 0.2) is 145 Å². The topological polar surface area (TPSA) is 384 Å². The SMILES string of the molecule is C[C@@H](O)[C@@H]1NC(=O)[C@H](CCCCNC(=O)OC(C)(C)C)NC(=O)[C@@H](Cc2c[nH]c3ccccc23)NC(=O)[C@H](Cc2ccc(O)cc2)NC(=O)[C@@H](NC(=O)[C@@H](Cc2ccccc2)N(Cc2ccccc2)C(=O)OC(C)(C)C)CSSC[C@@H](C(=O)N[C@@H](CSSc2ccccn2)C(N)=O)NC1=O. The highest BCUT2D eigenvalue weighted by Gasteiger charge is 2.39. The summed E-state index contributed by atoms with van der Waals surface area (Å²) in [4.78, 5) is 155. The third-order valence-corrected chi connectivity index (χ3v) is 20.0. The molecule has 6 aromatic rings. The van der Waals surface area contributed by atoms with Crippen molar-refractivity contribution >= 4 is 114 Å². The number of nitrogens with one attached hydrogen (secondary N) is 9. The number of phenolic OH excluding ortho intramolecular Hbond substituents is 1. The quantitative estimate of drug-likeness (QED) is 0.0248. The number of aromatic amines is 1. The van der Waals surface area contributed by atoms with Gasteiger partial charge in [0.1, 0.15) is 70.3 Å². The molecule has 0 unspecified atom stereocenters. The molecule has 0 saturated carbocycles. The molecule has 0 bridgehead atoms. The molecule has 9 atom stereocenters. The number of unbranched alkanes of at least 4 members (excludes halogenated alkanes) is 1. The minimum absolute atomic E-state index is 0.0612. The number of aromatic nitrogens is 2. The molecule has 26 nitrogen and oxygen atoms in total. The van der Waals surface area contributed by atoms with Crippen LogP contribution < -0.4 is 48.3 Å². The van der Waals surface area contributed by atoms with E-state index in [4.69, 9.17) is 15.2 Å². The number of aliphatic hydroxyl groups is 1. The van der Waals surface area contributed by atoms with Crippen molar-refractivity contribution in [3.63, 3.8) is 0 Å². The molecule has 0 aliphatic carbocycles. The largest absolute Gasteiger partial charge is 0.508 e. The maximum Gasteiger partial charge on any atom is 0.411 e. The van der Waals surface area contributed by atoms with E-state index in [-0.39, 0.29) is 74.6 Å². The number of nitrogens with two attached hydrogens (primary N) is 1. The number of nitrogens with zero attached hydrogens (tertiary/aromatic N) is 2. The number of ether oxygens (including phenoxy) is 2. The summed E-state index contributed by atoms with van der Waals surface area (Å²) in [5.41, 5.74) is 7.00. The van der Waals surface area contributed by atoms with Crippen LogP contribution in [-0.2, 0) is 73.6 Å². The Hall–Kier alpha value is -8.97. The summed E-state index contributed by atoms with van der Waals surface area (Å²) in [7, 11) is 4.28. The van der Waals surface area contributed by atoms with Gasteiger partial charge >= 0.3 is 12.2 Å². The number of carbonyl (C=O) groups is 10. The average molecular weight is 1450 g/mol. The number of alkyl carbamates (subject to hydrolysis) is 1. The van der Waals surface area contributed by atoms with E-state index in [2.05, 4.69) is 52.5 Å². The first-order valence-corrected chi connectivity index (χ1v) is 37.3. The Balaban J connectivity index is 1.32. The zero-order chi connectivity index (χ0) is 72.5. The highest BCUT2D eigenvalue weighted by Crippen LogP contribution is 2.30. The summed E-state index contributed by atoms with van der Waals surface area (Å²) in [6, 6.07) is 23.8. The van der Waals surface area contributed by atoms with Gasteiger partial charge in [-0.2, -0.15) is 0 Å². The second kappa shape index (κ2) is 38.0. The van der Waals surface area contributed by atoms with Gasteiger partial charge in [0.15, 0.2) is 0 Å². The van der Waals surface area contributed by atoms with Crippen molar-refractivity contribution in [2.75, 3.05) is 23.8 Å². The highest BCUT2D eigenvalue weighted by atomic mass is 33.1. The molecule has 13 N–H and O–H groups in total. The molecule has 3 heterocycles. The lowest BCUT2D eigenvalue weighted by molar-refractivity contribution is -0.136. The van der Waals surface area contributed by atoms with Crippen LogP contribution in [0.25, 0.3) is 10.9 Å². The van der Waals surface area contributed by atoms with Crippen LogP contribution in [0, 0.1) is 0 Å². The lowest BCUT2D eigenvalue weighted by atomic mass is 10.0. The molecule has 30 heteroatoms. The molecule has 100 heavy (non-hydrogen) atoms. The Morgan fingerprint density at radius 1 is 0.690 bits per heavy atom. The average Bonchev–Trinajstić information content (AvgIpc) is 1.15. The van der Waals surface area contributed by atoms with Gasteiger partial charge in [-0.1, -0.05) is 129 Å². The lowest BCUT2D eigenvalue weighted by Crippen LogP contribution is -2.62. The summed E-state index contributed by atoms with van der Waals surface area (Å²) in [6.07, 6.45) is -0.225. The number of phenols is 1. The fourth-order valence-electron chi connectivity index (χ4n) is 10.3. The third kappa shape index (κ3) is 25.6. The predicted octanol–water partition coefficient (Wildman–Crippen LogP) is 5.89. The minimum atomic E-state index is -1.81. The second-order valence-corrected chi connectivity index (χ2v) is 30.7. The number of hydrogen-bond acceptors (Lipinski definition) is 19. The molecule has 0 radical (unpaired) electrons. The Labute approximate surface area is 596 Å². The molecule has 0 spiro atoms. The van der Waals surface area contributed by atoms with E-state index in [0.29, 0.717) is 38.2 Å². The molecule has 536 valence electrons. The summed E-state index contributed by atoms with van der Waals surface area (Å²) in [6.45, 7) is 11.3. The van der Waals surface area contributed by atoms with Gasteiger partial charge in [-0.05, 0) is 131 Å². The van der Waals surface area contributed by atoms with Crippen LogP contribution in [0.5, 0.6) is 5.75 Å². The molecule has 1 aliphatic rings. The molecule has 1 aliphatic heterocycles. The van der Waals surface area contributed by atoms with E-state index in [9.17, 15) is 39.0 Å². The highest BCUT2D eigenvalue weighted by molar-refractivity contribution is 8.77. The molecular formula is C70H88N12O14S4. The molecule has 2 aromatic heterocycles. The van der Waals surface area contributed by atoms with Crippen molar-refractivity contribution in [1.82, 2.24) is 57.4 Å². The monoisotopic (exact) mass is 1450 g/mol. The van der Waals surface area contributed by atoms with Crippen LogP contribution in [0.1, 0.15) is 90.0 Å². The van der Waals surface area contributed by atoms with Gasteiger partial charge < -0.3 is 72.9 Å². The van der Waals surface area contributed by atoms with Gasteiger partial charge in [-0.25, -0.2) is 14.6 Å². The van der Waals surface area contributed by atoms with Crippen LogP contribution in [0.4, 0.5) is 9.59 Å². The molecule has 1 fully saturated rings. The van der Waals surface area contributed by atoms with Gasteiger partial charge in [0.25, 0.3) is 0 Å². The number of aliphatic hydroxyl groups excluding tert-OH is 1. The number of aromatic hydroxyl groups is 1. The summed E-state index contributed by atoms with van der Waals surface area (Å²) in [5, 5.41) is 44.8. The predicted molar refractivity (Wildman–Crippen MR) is 386 cm³/mol. The maximum atomic E-state index is 15.5. The number of fused-ring (bicyclic) bond motifs is 1. The van der Waals surface area contributed by atoms with E-state index in [1.54, 1.807) is 151 Å². The van der Waals surface area contributed by atoms with E-state index in [0.717, 1.165) is 21.6 Å². The van der Waals surface area contributed by atoms with E-state index < -0.39 is 125 Å². The Kier molecular flexibility index (Phi) is 29.8. The fraction of sp³-hybridized carbons (Fsp3) is 0.414. The number of carbonyl (C=O) groups excluding carboxylic acids is 10. The fourth-order valence-corrected chi connectivity index (χ4v) is 14.7. The smallest absolute Gasteiger partial charge is 0.411 e. The summed E-state index contributed by atoms with van der Waals surface area (Å²) in [5.74, 6) is -8.27. The first-order chi connectivity index (χ1) is 47.6. The Morgan fingerprint density at radius 2 is 1.30 bits per heavy atom. The number of H-pyrrole nitrogens is 1. The lowest BCUT2D eigenvalue weighted by Gasteiger charge is -2.34. The first kappa shape index (κ1) is 78.4. The molecule has 7 rings (SSSR count). The van der Waals surface area contributed by atoms with Crippen molar-refractivity contribution in [3.05, 3.63) is 162 Å². The normalized spacial score (nSPS) is 19.3. The standard InChI is InChI=1S/C70H88N12O14S4/c1-42(83)58-66(92)80-55(64(90)78-53(59(71)85)39-99-100-57-27-17-19-32-72-57)41-98-97-40-54(79-65(91)56(35-43-20-10-8-11-21-43)82(68(94)96-70(5,6)7)38-45-22-12-9-13-23-45)63(89)76-51(34-44-28-30-47(84)31-29-44)61(87)77-52(36-46-37-74-49-25-15-14-24-48(46)49)62(88)75-50(60(86)81-58)26-16-18-33-73-67(93)95-69(2,3)4/h8-15,17,19-25,27-32,37,42,50-56,58,74,83-84H,16,18,26,33-36,38-41H2,1-7H3,(H2,71,85)(H,73,93)(H,75,88)(H,76,89)(H,77,87)(H,78,90)(H,79,91)(H,80,92)(H,81,86)/t42-,50+,51+,52-,53+,54+,55+,56-,58+/m1/s1. The molecule has 10 amide bonds. The van der Waals surface area contributed by atoms with Gasteiger partial charge in [-0.15, -0.1) is 0 Å². The van der Waals surface area contributed by atoms with Crippen molar-refractivity contribution in [1.29, 1.82) is 0 Å². The second-order valence-electron chi connectivity index (χ2n) is 25.8. The van der Waals surface area contributed by atoms with E-state index in [1.807, 2.05) is 6.07 Å². The van der Waals surface area contributed by atoms with E-state index in [1.165, 1.54) is 57.7 Å². The van der Waals surface area contributed by atoms with Gasteiger partial charge in [0.05, 0.1) is 6.10 Å². The number of primary amides is 1. The molecular weight excluding hydrogens is 1360 g/mol. The maximum absolute atomic E-state index is 15.5. The molecule has 4 aromatic carbocycles. The van der Waals surface area contributed by atoms with Crippen LogP contribution in [0.2, 0.25) is 0 Å². The van der Waals surface area contributed by atoms with Crippen molar-refractivity contribution in [2.45, 2.75) is 164 Å². The van der Waals surface area contributed by atoms with Crippen LogP contribution in [-0.4, -0.2) is 174 Å². The van der Waals surface area contributed by atoms with E-state index >= 15 is 19.2 Å². The third-order valence-electron chi connectivity index (χ3n) is 15.3. The number of para-hydroxylation sites is 1. The number of pyridine rings is 1. The van der Waals surface area contributed by atoms with Crippen LogP contribution >= 0.6 is 43.2 Å². The van der Waals surface area contributed by atoms with Crippen molar-refractivity contribution in [3.8, 4) is 5.75 Å². The van der Waals surface area contributed by atoms with Crippen molar-refractivity contribution < 1.29 is 67.6 Å². The van der Waals surface area contributed by atoms with Gasteiger partial charge in [0.2, 0.25) is 47.3 Å². The Bertz CT molecular complexity index is 3730. The Morgan fingerprint density at radius 3 is 1.95 bits per heavy atom. The first-order valence-electron chi connectivity index (χ1n) is 32.5. The molecule has 1 saturated heterocycles.